The van der Waals surface area contributed by atoms with E-state index in [1.165, 1.54) is 25.9 Å². The molecule has 0 atom stereocenters. The van der Waals surface area contributed by atoms with Gasteiger partial charge >= 0.3 is 0 Å². The lowest BCUT2D eigenvalue weighted by Gasteiger charge is -2.22. The molecule has 0 unspecified atom stereocenters. The van der Waals surface area contributed by atoms with Crippen LogP contribution >= 0.6 is 22.6 Å². The summed E-state index contributed by atoms with van der Waals surface area (Å²) in [5, 5.41) is 3.70. The molecule has 1 N–H and O–H groups in total. The second kappa shape index (κ2) is 6.97. The molecule has 3 aromatic carbocycles. The summed E-state index contributed by atoms with van der Waals surface area (Å²) in [4.78, 5) is 0. The third-order valence-electron chi connectivity index (χ3n) is 3.69. The molecular weight excluding hydrogens is 381 g/mol. The molecular formula is C20H18IN. The summed E-state index contributed by atoms with van der Waals surface area (Å²) in [5.74, 6) is 0. The van der Waals surface area contributed by atoms with Gasteiger partial charge in [-0.2, -0.15) is 0 Å². The maximum atomic E-state index is 3.70. The highest BCUT2D eigenvalue weighted by atomic mass is 127. The van der Waals surface area contributed by atoms with Gasteiger partial charge in [0, 0.05) is 9.26 Å². The Hall–Kier alpha value is -1.81. The zero-order valence-corrected chi connectivity index (χ0v) is 14.6. The Morgan fingerprint density at radius 1 is 0.773 bits per heavy atom. The first kappa shape index (κ1) is 15.1. The standard InChI is InChI=1S/C20H18IN/c1-15-12-13-19(18(21)14-15)22-20(16-8-4-2-5-9-16)17-10-6-3-7-11-17/h2-14,20,22H,1H3. The number of benzene rings is 3. The number of aryl methyl sites for hydroxylation is 1. The Bertz CT molecular complexity index is 699. The van der Waals surface area contributed by atoms with Crippen molar-refractivity contribution in [1.29, 1.82) is 0 Å². The fourth-order valence-corrected chi connectivity index (χ4v) is 3.37. The average molecular weight is 399 g/mol. The fourth-order valence-electron chi connectivity index (χ4n) is 2.54. The van der Waals surface area contributed by atoms with Gasteiger partial charge in [-0.1, -0.05) is 66.7 Å². The smallest absolute Gasteiger partial charge is 0.0767 e. The van der Waals surface area contributed by atoms with Crippen molar-refractivity contribution in [3.63, 3.8) is 0 Å². The second-order valence-corrected chi connectivity index (χ2v) is 6.54. The van der Waals surface area contributed by atoms with Crippen LogP contribution in [0, 0.1) is 10.5 Å². The third kappa shape index (κ3) is 3.50. The van der Waals surface area contributed by atoms with Crippen molar-refractivity contribution >= 4 is 28.3 Å². The number of hydrogen-bond acceptors (Lipinski definition) is 1. The van der Waals surface area contributed by atoms with Gasteiger partial charge in [-0.15, -0.1) is 0 Å². The van der Waals surface area contributed by atoms with E-state index in [0.717, 1.165) is 0 Å². The largest absolute Gasteiger partial charge is 0.373 e. The first-order valence-corrected chi connectivity index (χ1v) is 8.44. The molecule has 0 radical (unpaired) electrons. The van der Waals surface area contributed by atoms with E-state index in [9.17, 15) is 0 Å². The van der Waals surface area contributed by atoms with Crippen molar-refractivity contribution in [3.8, 4) is 0 Å². The molecule has 0 bridgehead atoms. The van der Waals surface area contributed by atoms with Crippen molar-refractivity contribution in [2.45, 2.75) is 13.0 Å². The molecule has 110 valence electrons. The van der Waals surface area contributed by atoms with Crippen LogP contribution in [0.15, 0.2) is 78.9 Å². The molecule has 0 aliphatic rings. The normalized spacial score (nSPS) is 10.7. The molecule has 0 fully saturated rings. The Morgan fingerprint density at radius 3 is 1.82 bits per heavy atom. The summed E-state index contributed by atoms with van der Waals surface area (Å²) >= 11 is 2.40. The van der Waals surface area contributed by atoms with Crippen LogP contribution in [-0.4, -0.2) is 0 Å². The Morgan fingerprint density at radius 2 is 1.32 bits per heavy atom. The minimum atomic E-state index is 0.152. The van der Waals surface area contributed by atoms with E-state index in [2.05, 4.69) is 114 Å². The highest BCUT2D eigenvalue weighted by molar-refractivity contribution is 14.1. The maximum Gasteiger partial charge on any atom is 0.0767 e. The molecule has 0 aliphatic heterocycles. The summed E-state index contributed by atoms with van der Waals surface area (Å²) < 4.78 is 1.24. The molecule has 3 aromatic rings. The highest BCUT2D eigenvalue weighted by Gasteiger charge is 2.14. The van der Waals surface area contributed by atoms with Gasteiger partial charge in [0.1, 0.15) is 0 Å². The molecule has 3 rings (SSSR count). The summed E-state index contributed by atoms with van der Waals surface area (Å²) in [7, 11) is 0. The van der Waals surface area contributed by atoms with E-state index in [1.54, 1.807) is 0 Å². The van der Waals surface area contributed by atoms with Gasteiger partial charge in [0.2, 0.25) is 0 Å². The molecule has 0 spiro atoms. The van der Waals surface area contributed by atoms with Crippen LogP contribution < -0.4 is 5.32 Å². The van der Waals surface area contributed by atoms with Crippen LogP contribution in [0.5, 0.6) is 0 Å². The molecule has 22 heavy (non-hydrogen) atoms. The van der Waals surface area contributed by atoms with Crippen molar-refractivity contribution in [2.75, 3.05) is 5.32 Å². The first-order chi connectivity index (χ1) is 10.7. The Labute approximate surface area is 145 Å². The number of nitrogens with one attached hydrogen (secondary N) is 1. The van der Waals surface area contributed by atoms with Crippen LogP contribution in [-0.2, 0) is 0 Å². The van der Waals surface area contributed by atoms with E-state index in [4.69, 9.17) is 0 Å². The molecule has 0 saturated carbocycles. The van der Waals surface area contributed by atoms with Crippen LogP contribution in [0.3, 0.4) is 0 Å². The van der Waals surface area contributed by atoms with E-state index in [-0.39, 0.29) is 6.04 Å². The minimum Gasteiger partial charge on any atom is -0.373 e. The predicted octanol–water partition coefficient (Wildman–Crippen LogP) is 5.80. The summed E-state index contributed by atoms with van der Waals surface area (Å²) in [6, 6.07) is 27.8. The van der Waals surface area contributed by atoms with Gasteiger partial charge in [0.15, 0.2) is 0 Å². The van der Waals surface area contributed by atoms with E-state index >= 15 is 0 Å². The highest BCUT2D eigenvalue weighted by Crippen LogP contribution is 2.29. The zero-order valence-electron chi connectivity index (χ0n) is 12.5. The summed E-state index contributed by atoms with van der Waals surface area (Å²) in [6.45, 7) is 2.12. The van der Waals surface area contributed by atoms with Gasteiger partial charge in [0.25, 0.3) is 0 Å². The maximum absolute atomic E-state index is 3.70. The van der Waals surface area contributed by atoms with Crippen molar-refractivity contribution < 1.29 is 0 Å². The lowest BCUT2D eigenvalue weighted by Crippen LogP contribution is -2.13. The molecule has 0 aromatic heterocycles. The lowest BCUT2D eigenvalue weighted by atomic mass is 9.98. The van der Waals surface area contributed by atoms with Gasteiger partial charge in [-0.25, -0.2) is 0 Å². The molecule has 0 amide bonds. The Balaban J connectivity index is 1.99. The van der Waals surface area contributed by atoms with Gasteiger partial charge in [-0.05, 0) is 58.3 Å². The van der Waals surface area contributed by atoms with Crippen LogP contribution in [0.4, 0.5) is 5.69 Å². The summed E-state index contributed by atoms with van der Waals surface area (Å²) in [5.41, 5.74) is 4.99. The van der Waals surface area contributed by atoms with Crippen LogP contribution in [0.25, 0.3) is 0 Å². The van der Waals surface area contributed by atoms with Gasteiger partial charge in [0.05, 0.1) is 6.04 Å². The van der Waals surface area contributed by atoms with E-state index < -0.39 is 0 Å². The monoisotopic (exact) mass is 399 g/mol. The predicted molar refractivity (Wildman–Crippen MR) is 102 cm³/mol. The summed E-state index contributed by atoms with van der Waals surface area (Å²) in [6.07, 6.45) is 0. The van der Waals surface area contributed by atoms with Crippen LogP contribution in [0.2, 0.25) is 0 Å². The quantitative estimate of drug-likeness (QED) is 0.547. The topological polar surface area (TPSA) is 12.0 Å². The molecule has 2 heteroatoms. The fraction of sp³-hybridized carbons (Fsp3) is 0.100. The van der Waals surface area contributed by atoms with Crippen molar-refractivity contribution in [3.05, 3.63) is 99.1 Å². The van der Waals surface area contributed by atoms with Crippen molar-refractivity contribution in [1.82, 2.24) is 0 Å². The zero-order chi connectivity index (χ0) is 15.4. The molecule has 0 aliphatic carbocycles. The molecule has 0 heterocycles. The molecule has 1 nitrogen and oxygen atoms in total. The van der Waals surface area contributed by atoms with Gasteiger partial charge in [-0.3, -0.25) is 0 Å². The van der Waals surface area contributed by atoms with Crippen LogP contribution in [0.1, 0.15) is 22.7 Å². The van der Waals surface area contributed by atoms with E-state index in [1.807, 2.05) is 0 Å². The SMILES string of the molecule is Cc1ccc(NC(c2ccccc2)c2ccccc2)c(I)c1. The third-order valence-corrected chi connectivity index (χ3v) is 4.58. The van der Waals surface area contributed by atoms with Gasteiger partial charge < -0.3 is 5.32 Å². The number of rotatable bonds is 4. The van der Waals surface area contributed by atoms with E-state index in [0.29, 0.717) is 0 Å². The first-order valence-electron chi connectivity index (χ1n) is 7.36. The lowest BCUT2D eigenvalue weighted by molar-refractivity contribution is 0.937. The average Bonchev–Trinajstić information content (AvgIpc) is 2.56. The Kier molecular flexibility index (Phi) is 4.78. The minimum absolute atomic E-state index is 0.152. The second-order valence-electron chi connectivity index (χ2n) is 5.38. The number of hydrogen-bond donors (Lipinski definition) is 1. The number of halogens is 1. The number of anilines is 1. The molecule has 0 saturated heterocycles. The van der Waals surface area contributed by atoms with Crippen molar-refractivity contribution in [2.24, 2.45) is 0 Å².